The molecule has 0 aliphatic heterocycles. The fourth-order valence-electron chi connectivity index (χ4n) is 1.41. The van der Waals surface area contributed by atoms with Crippen molar-refractivity contribution in [3.63, 3.8) is 0 Å². The predicted molar refractivity (Wildman–Crippen MR) is 70.0 cm³/mol. The lowest BCUT2D eigenvalue weighted by molar-refractivity contribution is -0.122. The smallest absolute Gasteiger partial charge is 0.313 e. The van der Waals surface area contributed by atoms with Crippen molar-refractivity contribution < 1.29 is 26.0 Å². The van der Waals surface area contributed by atoms with Gasteiger partial charge in [0.1, 0.15) is 0 Å². The van der Waals surface area contributed by atoms with Crippen LogP contribution < -0.4 is 10.0 Å². The summed E-state index contributed by atoms with van der Waals surface area (Å²) in [4.78, 5) is -0.257. The van der Waals surface area contributed by atoms with Crippen molar-refractivity contribution in [3.05, 3.63) is 29.8 Å². The van der Waals surface area contributed by atoms with Gasteiger partial charge in [-0.3, -0.25) is 0 Å². The molecule has 0 aliphatic carbocycles. The number of hydrogen-bond acceptors (Lipinski definition) is 3. The molecule has 120 valence electrons. The summed E-state index contributed by atoms with van der Waals surface area (Å²) < 4.78 is 74.3. The molecule has 1 rings (SSSR count). The van der Waals surface area contributed by atoms with E-state index in [0.29, 0.717) is 6.54 Å². The number of halogens is 4. The summed E-state index contributed by atoms with van der Waals surface area (Å²) in [5.74, 6) is -4.40. The van der Waals surface area contributed by atoms with Crippen molar-refractivity contribution in [2.75, 3.05) is 13.1 Å². The minimum atomic E-state index is -4.40. The molecule has 0 saturated carbocycles. The molecule has 0 spiro atoms. The zero-order valence-corrected chi connectivity index (χ0v) is 12.1. The van der Waals surface area contributed by atoms with Crippen molar-refractivity contribution in [1.29, 1.82) is 0 Å². The SMILES string of the molecule is CCNCc1ccc(S(=O)(=O)NCC(F)(F)C(F)F)cc1. The molecule has 0 fully saturated rings. The molecule has 0 atom stereocenters. The topological polar surface area (TPSA) is 58.2 Å². The Morgan fingerprint density at radius 3 is 2.24 bits per heavy atom. The third kappa shape index (κ3) is 5.25. The fourth-order valence-corrected chi connectivity index (χ4v) is 2.45. The van der Waals surface area contributed by atoms with E-state index in [1.807, 2.05) is 6.92 Å². The maximum Gasteiger partial charge on any atom is 0.320 e. The van der Waals surface area contributed by atoms with Crippen LogP contribution >= 0.6 is 0 Å². The first kappa shape index (κ1) is 17.9. The highest BCUT2D eigenvalue weighted by Gasteiger charge is 2.41. The van der Waals surface area contributed by atoms with Gasteiger partial charge in [0.15, 0.2) is 0 Å². The molecule has 9 heteroatoms. The van der Waals surface area contributed by atoms with Crippen molar-refractivity contribution in [3.8, 4) is 0 Å². The first-order chi connectivity index (χ1) is 9.69. The van der Waals surface area contributed by atoms with Gasteiger partial charge in [-0.15, -0.1) is 0 Å². The van der Waals surface area contributed by atoms with Gasteiger partial charge in [-0.05, 0) is 24.2 Å². The Morgan fingerprint density at radius 1 is 1.19 bits per heavy atom. The normalized spacial score (nSPS) is 12.9. The molecule has 1 aromatic rings. The maximum atomic E-state index is 12.7. The zero-order valence-electron chi connectivity index (χ0n) is 11.2. The molecule has 21 heavy (non-hydrogen) atoms. The Morgan fingerprint density at radius 2 is 1.76 bits per heavy atom. The van der Waals surface area contributed by atoms with Gasteiger partial charge in [-0.1, -0.05) is 19.1 Å². The average molecular weight is 328 g/mol. The van der Waals surface area contributed by atoms with Crippen molar-refractivity contribution in [2.45, 2.75) is 30.7 Å². The summed E-state index contributed by atoms with van der Waals surface area (Å²) in [6.07, 6.45) is -3.93. The maximum absolute atomic E-state index is 12.7. The number of benzene rings is 1. The van der Waals surface area contributed by atoms with Gasteiger partial charge < -0.3 is 5.32 Å². The Kier molecular flexibility index (Phi) is 6.11. The van der Waals surface area contributed by atoms with E-state index < -0.39 is 28.9 Å². The second-order valence-electron chi connectivity index (χ2n) is 4.31. The van der Waals surface area contributed by atoms with Gasteiger partial charge in [-0.2, -0.15) is 8.78 Å². The van der Waals surface area contributed by atoms with Crippen LogP contribution in [0.5, 0.6) is 0 Å². The largest absolute Gasteiger partial charge is 0.320 e. The summed E-state index contributed by atoms with van der Waals surface area (Å²) in [5, 5.41) is 3.03. The minimum Gasteiger partial charge on any atom is -0.313 e. The van der Waals surface area contributed by atoms with Crippen LogP contribution in [0.2, 0.25) is 0 Å². The molecular formula is C12H16F4N2O2S. The van der Waals surface area contributed by atoms with Crippen molar-refractivity contribution in [2.24, 2.45) is 0 Å². The third-order valence-corrected chi connectivity index (χ3v) is 4.05. The lowest BCUT2D eigenvalue weighted by Gasteiger charge is -2.16. The van der Waals surface area contributed by atoms with E-state index in [2.05, 4.69) is 5.32 Å². The van der Waals surface area contributed by atoms with E-state index in [1.165, 1.54) is 29.0 Å². The average Bonchev–Trinajstić information content (AvgIpc) is 2.43. The van der Waals surface area contributed by atoms with E-state index >= 15 is 0 Å². The molecule has 0 aliphatic rings. The third-order valence-electron chi connectivity index (χ3n) is 2.63. The van der Waals surface area contributed by atoms with E-state index in [-0.39, 0.29) is 4.90 Å². The monoisotopic (exact) mass is 328 g/mol. The van der Waals surface area contributed by atoms with E-state index in [1.54, 1.807) is 0 Å². The number of hydrogen-bond donors (Lipinski definition) is 2. The summed E-state index contributed by atoms with van der Waals surface area (Å²) in [6.45, 7) is 1.54. The van der Waals surface area contributed by atoms with Crippen LogP contribution in [-0.4, -0.2) is 33.9 Å². The van der Waals surface area contributed by atoms with Gasteiger partial charge in [-0.25, -0.2) is 21.9 Å². The van der Waals surface area contributed by atoms with Crippen LogP contribution in [0.4, 0.5) is 17.6 Å². The Hall–Kier alpha value is -1.19. The van der Waals surface area contributed by atoms with Gasteiger partial charge in [0.25, 0.3) is 0 Å². The molecule has 4 nitrogen and oxygen atoms in total. The predicted octanol–water partition coefficient (Wildman–Crippen LogP) is 1.97. The van der Waals surface area contributed by atoms with Gasteiger partial charge in [0.05, 0.1) is 11.4 Å². The van der Waals surface area contributed by atoms with Crippen LogP contribution in [0, 0.1) is 0 Å². The lowest BCUT2D eigenvalue weighted by atomic mass is 10.2. The first-order valence-corrected chi connectivity index (χ1v) is 7.62. The van der Waals surface area contributed by atoms with Crippen molar-refractivity contribution in [1.82, 2.24) is 10.0 Å². The molecule has 0 unspecified atom stereocenters. The molecule has 0 amide bonds. The first-order valence-electron chi connectivity index (χ1n) is 6.14. The quantitative estimate of drug-likeness (QED) is 0.718. The number of nitrogens with one attached hydrogen (secondary N) is 2. The highest BCUT2D eigenvalue weighted by Crippen LogP contribution is 2.22. The Bertz CT molecular complexity index is 547. The number of alkyl halides is 4. The van der Waals surface area contributed by atoms with E-state index in [0.717, 1.165) is 12.1 Å². The van der Waals surface area contributed by atoms with Gasteiger partial charge >= 0.3 is 12.3 Å². The summed E-state index contributed by atoms with van der Waals surface area (Å²) in [5.41, 5.74) is 0.814. The highest BCUT2D eigenvalue weighted by atomic mass is 32.2. The van der Waals surface area contributed by atoms with Crippen molar-refractivity contribution >= 4 is 10.0 Å². The molecule has 0 saturated heterocycles. The summed E-state index contributed by atoms with van der Waals surface area (Å²) >= 11 is 0. The van der Waals surface area contributed by atoms with E-state index in [9.17, 15) is 26.0 Å². The lowest BCUT2D eigenvalue weighted by Crippen LogP contribution is -2.41. The van der Waals surface area contributed by atoms with Crippen LogP contribution in [0.25, 0.3) is 0 Å². The van der Waals surface area contributed by atoms with Gasteiger partial charge in [0.2, 0.25) is 10.0 Å². The van der Waals surface area contributed by atoms with Crippen LogP contribution in [-0.2, 0) is 16.6 Å². The standard InChI is InChI=1S/C12H16F4N2O2S/c1-2-17-7-9-3-5-10(6-4-9)21(19,20)18-8-12(15,16)11(13)14/h3-6,11,17-18H,2,7-8H2,1H3. The molecule has 0 heterocycles. The second kappa shape index (κ2) is 7.19. The zero-order chi connectivity index (χ0) is 16.1. The summed E-state index contributed by atoms with van der Waals surface area (Å²) in [7, 11) is -4.25. The highest BCUT2D eigenvalue weighted by molar-refractivity contribution is 7.89. The van der Waals surface area contributed by atoms with Crippen LogP contribution in [0.15, 0.2) is 29.2 Å². The van der Waals surface area contributed by atoms with Gasteiger partial charge in [0, 0.05) is 6.54 Å². The fraction of sp³-hybridized carbons (Fsp3) is 0.500. The Labute approximate surface area is 120 Å². The number of sulfonamides is 1. The number of rotatable bonds is 8. The molecule has 2 N–H and O–H groups in total. The molecule has 0 bridgehead atoms. The minimum absolute atomic E-state index is 0.257. The van der Waals surface area contributed by atoms with Crippen LogP contribution in [0.3, 0.4) is 0 Å². The Balaban J connectivity index is 2.74. The van der Waals surface area contributed by atoms with Crippen LogP contribution in [0.1, 0.15) is 12.5 Å². The van der Waals surface area contributed by atoms with E-state index in [4.69, 9.17) is 0 Å². The second-order valence-corrected chi connectivity index (χ2v) is 6.08. The molecule has 0 aromatic heterocycles. The summed E-state index contributed by atoms with van der Waals surface area (Å²) in [6, 6.07) is 5.50. The molecular weight excluding hydrogens is 312 g/mol. The molecule has 0 radical (unpaired) electrons. The molecule has 1 aromatic carbocycles.